The first-order valence-electron chi connectivity index (χ1n) is 4.11. The summed E-state index contributed by atoms with van der Waals surface area (Å²) in [5.74, 6) is 0. The Morgan fingerprint density at radius 3 is 3.00 bits per heavy atom. The molecule has 0 bridgehead atoms. The summed E-state index contributed by atoms with van der Waals surface area (Å²) in [5, 5.41) is 1.92. The number of rotatable bonds is 3. The van der Waals surface area contributed by atoms with Crippen LogP contribution in [-0.2, 0) is 0 Å². The van der Waals surface area contributed by atoms with Gasteiger partial charge in [-0.3, -0.25) is 4.79 Å². The van der Waals surface area contributed by atoms with E-state index >= 15 is 0 Å². The Kier molecular flexibility index (Phi) is 3.56. The molecular weight excluding hydrogens is 294 g/mol. The Bertz CT molecular complexity index is 470. The van der Waals surface area contributed by atoms with Gasteiger partial charge in [0.15, 0.2) is 10.6 Å². The van der Waals surface area contributed by atoms with Gasteiger partial charge in [0.2, 0.25) is 0 Å². The third-order valence-corrected chi connectivity index (χ3v) is 4.17. The lowest BCUT2D eigenvalue weighted by atomic mass is 10.2. The second-order valence-corrected chi connectivity index (χ2v) is 5.80. The van der Waals surface area contributed by atoms with Crippen molar-refractivity contribution in [2.75, 3.05) is 0 Å². The lowest BCUT2D eigenvalue weighted by molar-refractivity contribution is 0.112. The van der Waals surface area contributed by atoms with E-state index in [1.54, 1.807) is 17.5 Å². The van der Waals surface area contributed by atoms with Crippen molar-refractivity contribution in [1.29, 1.82) is 0 Å². The Hall–Kier alpha value is -0.650. The number of aldehydes is 1. The maximum Gasteiger partial charge on any atom is 0.154 e. The summed E-state index contributed by atoms with van der Waals surface area (Å²) in [6, 6.07) is 5.64. The number of aromatic nitrogens is 1. The molecule has 1 aromatic heterocycles. The number of hydrogen-bond donors (Lipinski definition) is 0. The molecule has 2 rings (SSSR count). The topological polar surface area (TPSA) is 30.0 Å². The molecule has 0 atom stereocenters. The highest BCUT2D eigenvalue weighted by Crippen LogP contribution is 2.32. The quantitative estimate of drug-likeness (QED) is 0.806. The van der Waals surface area contributed by atoms with Crippen molar-refractivity contribution >= 4 is 45.3 Å². The third-order valence-electron chi connectivity index (χ3n) is 1.71. The highest BCUT2D eigenvalue weighted by Gasteiger charge is 2.05. The van der Waals surface area contributed by atoms with Gasteiger partial charge in [-0.25, -0.2) is 4.98 Å². The average Bonchev–Trinajstić information content (AvgIpc) is 2.73. The molecule has 2 aromatic rings. The summed E-state index contributed by atoms with van der Waals surface area (Å²) >= 11 is 6.41. The molecule has 0 saturated carbocycles. The molecule has 0 fully saturated rings. The van der Waals surface area contributed by atoms with E-state index < -0.39 is 0 Å². The second kappa shape index (κ2) is 4.92. The summed E-state index contributed by atoms with van der Waals surface area (Å²) in [4.78, 5) is 16.0. The van der Waals surface area contributed by atoms with Crippen molar-refractivity contribution in [1.82, 2.24) is 4.98 Å². The molecule has 0 spiro atoms. The molecule has 76 valence electrons. The number of hydrogen-bond acceptors (Lipinski definition) is 4. The number of thiazole rings is 1. The minimum absolute atomic E-state index is 0.685. The molecule has 2 nitrogen and oxygen atoms in total. The zero-order chi connectivity index (χ0) is 10.7. The van der Waals surface area contributed by atoms with Crippen LogP contribution in [0.2, 0.25) is 0 Å². The van der Waals surface area contributed by atoms with Gasteiger partial charge in [0.1, 0.15) is 0 Å². The Labute approximate surface area is 104 Å². The van der Waals surface area contributed by atoms with Crippen LogP contribution in [0.15, 0.2) is 43.5 Å². The number of halogens is 1. The number of carbonyl (C=O) groups excluding carboxylic acids is 1. The van der Waals surface area contributed by atoms with Gasteiger partial charge in [0.25, 0.3) is 0 Å². The van der Waals surface area contributed by atoms with Crippen molar-refractivity contribution in [3.63, 3.8) is 0 Å². The first kappa shape index (κ1) is 10.9. The zero-order valence-corrected chi connectivity index (χ0v) is 10.7. The number of nitrogens with zero attached hydrogens (tertiary/aromatic N) is 1. The van der Waals surface area contributed by atoms with E-state index in [0.29, 0.717) is 5.56 Å². The summed E-state index contributed by atoms with van der Waals surface area (Å²) in [5.41, 5.74) is 0.685. The minimum Gasteiger partial charge on any atom is -0.298 e. The van der Waals surface area contributed by atoms with E-state index in [9.17, 15) is 4.79 Å². The van der Waals surface area contributed by atoms with Crippen LogP contribution in [-0.4, -0.2) is 11.3 Å². The molecule has 5 heteroatoms. The molecule has 0 aliphatic heterocycles. The summed E-state index contributed by atoms with van der Waals surface area (Å²) in [7, 11) is 0. The van der Waals surface area contributed by atoms with Crippen LogP contribution in [0.5, 0.6) is 0 Å². The van der Waals surface area contributed by atoms with Crippen LogP contribution in [0.4, 0.5) is 0 Å². The highest BCUT2D eigenvalue weighted by molar-refractivity contribution is 9.10. The molecular formula is C10H6BrNOS2. The van der Waals surface area contributed by atoms with Crippen molar-refractivity contribution in [2.45, 2.75) is 9.24 Å². The van der Waals surface area contributed by atoms with Crippen molar-refractivity contribution in [2.24, 2.45) is 0 Å². The van der Waals surface area contributed by atoms with Gasteiger partial charge in [-0.15, -0.1) is 11.3 Å². The standard InChI is InChI=1S/C10H6BrNOS2/c11-8-1-2-9(7(5-8)6-13)15-10-12-3-4-14-10/h1-6H. The molecule has 0 unspecified atom stereocenters. The minimum atomic E-state index is 0.685. The first-order valence-corrected chi connectivity index (χ1v) is 6.60. The monoisotopic (exact) mass is 299 g/mol. The highest BCUT2D eigenvalue weighted by atomic mass is 79.9. The van der Waals surface area contributed by atoms with Crippen LogP contribution in [0.25, 0.3) is 0 Å². The lowest BCUT2D eigenvalue weighted by Gasteiger charge is -2.01. The van der Waals surface area contributed by atoms with Crippen LogP contribution < -0.4 is 0 Å². The van der Waals surface area contributed by atoms with Crippen molar-refractivity contribution < 1.29 is 4.79 Å². The molecule has 0 radical (unpaired) electrons. The van der Waals surface area contributed by atoms with Gasteiger partial charge in [-0.2, -0.15) is 0 Å². The van der Waals surface area contributed by atoms with E-state index in [1.165, 1.54) is 11.8 Å². The number of benzene rings is 1. The fourth-order valence-corrected chi connectivity index (χ4v) is 3.09. The van der Waals surface area contributed by atoms with Gasteiger partial charge >= 0.3 is 0 Å². The fourth-order valence-electron chi connectivity index (χ4n) is 1.06. The molecule has 0 aliphatic carbocycles. The maximum absolute atomic E-state index is 10.9. The largest absolute Gasteiger partial charge is 0.298 e. The van der Waals surface area contributed by atoms with Gasteiger partial charge < -0.3 is 0 Å². The van der Waals surface area contributed by atoms with Gasteiger partial charge in [0, 0.05) is 26.5 Å². The molecule has 0 amide bonds. The normalized spacial score (nSPS) is 10.2. The van der Waals surface area contributed by atoms with E-state index in [2.05, 4.69) is 20.9 Å². The average molecular weight is 300 g/mol. The van der Waals surface area contributed by atoms with Gasteiger partial charge in [0.05, 0.1) is 0 Å². The summed E-state index contributed by atoms with van der Waals surface area (Å²) in [6.45, 7) is 0. The van der Waals surface area contributed by atoms with Crippen LogP contribution in [0, 0.1) is 0 Å². The third kappa shape index (κ3) is 2.68. The van der Waals surface area contributed by atoms with Crippen LogP contribution in [0.1, 0.15) is 10.4 Å². The fraction of sp³-hybridized carbons (Fsp3) is 0. The van der Waals surface area contributed by atoms with E-state index in [0.717, 1.165) is 20.0 Å². The van der Waals surface area contributed by atoms with Gasteiger partial charge in [-0.1, -0.05) is 27.7 Å². The molecule has 1 aromatic carbocycles. The van der Waals surface area contributed by atoms with Crippen LogP contribution in [0.3, 0.4) is 0 Å². The van der Waals surface area contributed by atoms with Crippen molar-refractivity contribution in [3.05, 3.63) is 39.8 Å². The maximum atomic E-state index is 10.9. The molecule has 0 saturated heterocycles. The smallest absolute Gasteiger partial charge is 0.154 e. The predicted octanol–water partition coefficient (Wildman–Crippen LogP) is 3.87. The zero-order valence-electron chi connectivity index (χ0n) is 7.51. The first-order chi connectivity index (χ1) is 7.29. The van der Waals surface area contributed by atoms with E-state index in [4.69, 9.17) is 0 Å². The number of carbonyl (C=O) groups is 1. The van der Waals surface area contributed by atoms with Crippen molar-refractivity contribution in [3.8, 4) is 0 Å². The predicted molar refractivity (Wildman–Crippen MR) is 65.8 cm³/mol. The van der Waals surface area contributed by atoms with Gasteiger partial charge in [-0.05, 0) is 18.2 Å². The molecule has 15 heavy (non-hydrogen) atoms. The Morgan fingerprint density at radius 1 is 1.47 bits per heavy atom. The van der Waals surface area contributed by atoms with E-state index in [-0.39, 0.29) is 0 Å². The summed E-state index contributed by atoms with van der Waals surface area (Å²) < 4.78 is 1.86. The molecule has 0 aliphatic rings. The Morgan fingerprint density at radius 2 is 2.33 bits per heavy atom. The molecule has 1 heterocycles. The van der Waals surface area contributed by atoms with Crippen LogP contribution >= 0.6 is 39.0 Å². The van der Waals surface area contributed by atoms with E-state index in [1.807, 2.05) is 23.6 Å². The summed E-state index contributed by atoms with van der Waals surface area (Å²) in [6.07, 6.45) is 2.62. The SMILES string of the molecule is O=Cc1cc(Br)ccc1Sc1nccs1. The Balaban J connectivity index is 2.32. The lowest BCUT2D eigenvalue weighted by Crippen LogP contribution is -1.84. The second-order valence-electron chi connectivity index (χ2n) is 2.70. The molecule has 0 N–H and O–H groups in total.